The largest absolute Gasteiger partial charge is 0.297 e. The van der Waals surface area contributed by atoms with Crippen molar-refractivity contribution in [2.24, 2.45) is 0 Å². The molecule has 2 rings (SSSR count). The molecular weight excluding hydrogens is 248 g/mol. The molecule has 0 aliphatic heterocycles. The van der Waals surface area contributed by atoms with Crippen LogP contribution < -0.4 is 0 Å². The number of aryl methyl sites for hydroxylation is 1. The summed E-state index contributed by atoms with van der Waals surface area (Å²) in [6.07, 6.45) is 4.19. The van der Waals surface area contributed by atoms with Crippen molar-refractivity contribution in [3.05, 3.63) is 41.5 Å². The van der Waals surface area contributed by atoms with Crippen molar-refractivity contribution in [3.8, 4) is 0 Å². The number of allylic oxidation sites excluding steroid dienone is 1. The lowest BCUT2D eigenvalue weighted by Crippen LogP contribution is -2.20. The lowest BCUT2D eigenvalue weighted by atomic mass is 9.99. The summed E-state index contributed by atoms with van der Waals surface area (Å²) in [5.74, 6) is 0. The van der Waals surface area contributed by atoms with Crippen LogP contribution in [0.25, 0.3) is 0 Å². The highest BCUT2D eigenvalue weighted by molar-refractivity contribution is 7.86. The van der Waals surface area contributed by atoms with E-state index in [9.17, 15) is 8.42 Å². The highest BCUT2D eigenvalue weighted by Crippen LogP contribution is 2.24. The zero-order chi connectivity index (χ0) is 13.2. The van der Waals surface area contributed by atoms with Gasteiger partial charge in [-0.2, -0.15) is 8.42 Å². The highest BCUT2D eigenvalue weighted by Gasteiger charge is 2.22. The summed E-state index contributed by atoms with van der Waals surface area (Å²) in [6.45, 7) is 3.98. The fourth-order valence-corrected chi connectivity index (χ4v) is 3.08. The van der Waals surface area contributed by atoms with Crippen LogP contribution in [0.5, 0.6) is 0 Å². The van der Waals surface area contributed by atoms with Gasteiger partial charge in [-0.1, -0.05) is 29.3 Å². The molecule has 0 bridgehead atoms. The van der Waals surface area contributed by atoms with E-state index in [0.29, 0.717) is 6.42 Å². The first-order valence-electron chi connectivity index (χ1n) is 6.13. The van der Waals surface area contributed by atoms with Crippen LogP contribution in [0.1, 0.15) is 31.7 Å². The fraction of sp³-hybridized carbons (Fsp3) is 0.429. The van der Waals surface area contributed by atoms with E-state index in [4.69, 9.17) is 4.18 Å². The molecule has 0 saturated heterocycles. The van der Waals surface area contributed by atoms with E-state index in [1.165, 1.54) is 5.57 Å². The molecule has 0 saturated carbocycles. The van der Waals surface area contributed by atoms with Crippen molar-refractivity contribution in [1.29, 1.82) is 0 Å². The molecule has 0 heterocycles. The molecule has 3 nitrogen and oxygen atoms in total. The van der Waals surface area contributed by atoms with Crippen LogP contribution >= 0.6 is 0 Å². The summed E-state index contributed by atoms with van der Waals surface area (Å²) in [5.41, 5.74) is 2.34. The molecule has 0 unspecified atom stereocenters. The quantitative estimate of drug-likeness (QED) is 0.623. The minimum absolute atomic E-state index is 0.222. The smallest absolute Gasteiger partial charge is 0.263 e. The van der Waals surface area contributed by atoms with Gasteiger partial charge in [0.1, 0.15) is 0 Å². The zero-order valence-electron chi connectivity index (χ0n) is 10.7. The number of rotatable bonds is 3. The Morgan fingerprint density at radius 3 is 2.39 bits per heavy atom. The molecule has 0 spiro atoms. The standard InChI is InChI=1S/C14H18O3S/c1-11-3-7-13(8-4-11)17-18(15,16)14-9-5-12(2)6-10-14/h3,5-6,9-10,13H,4,7-8H2,1-2H3/t13-/m0/s1. The molecule has 0 aromatic heterocycles. The maximum Gasteiger partial charge on any atom is 0.297 e. The maximum atomic E-state index is 12.1. The molecule has 98 valence electrons. The Bertz CT molecular complexity index is 541. The van der Waals surface area contributed by atoms with Gasteiger partial charge in [0.05, 0.1) is 11.0 Å². The Morgan fingerprint density at radius 2 is 1.83 bits per heavy atom. The third-order valence-electron chi connectivity index (χ3n) is 3.16. The lowest BCUT2D eigenvalue weighted by Gasteiger charge is -2.20. The molecule has 1 aromatic carbocycles. The SMILES string of the molecule is CC1=CC[C@H](OS(=O)(=O)c2ccc(C)cc2)CC1. The van der Waals surface area contributed by atoms with Gasteiger partial charge in [0.2, 0.25) is 0 Å². The van der Waals surface area contributed by atoms with E-state index >= 15 is 0 Å². The van der Waals surface area contributed by atoms with E-state index in [1.807, 2.05) is 6.92 Å². The summed E-state index contributed by atoms with van der Waals surface area (Å²) in [6, 6.07) is 6.74. The van der Waals surface area contributed by atoms with Gasteiger partial charge in [0.15, 0.2) is 0 Å². The van der Waals surface area contributed by atoms with Gasteiger partial charge in [-0.25, -0.2) is 0 Å². The molecule has 0 radical (unpaired) electrons. The van der Waals surface area contributed by atoms with Crippen LogP contribution in [0.3, 0.4) is 0 Å². The molecule has 0 fully saturated rings. The minimum Gasteiger partial charge on any atom is -0.263 e. The van der Waals surface area contributed by atoms with Crippen molar-refractivity contribution in [2.75, 3.05) is 0 Å². The lowest BCUT2D eigenvalue weighted by molar-refractivity contribution is 0.196. The van der Waals surface area contributed by atoms with Crippen LogP contribution in [0.2, 0.25) is 0 Å². The Hall–Kier alpha value is -1.13. The van der Waals surface area contributed by atoms with Gasteiger partial charge in [0.25, 0.3) is 10.1 Å². The first-order chi connectivity index (χ1) is 8.47. The molecule has 0 amide bonds. The van der Waals surface area contributed by atoms with Crippen molar-refractivity contribution in [1.82, 2.24) is 0 Å². The third kappa shape index (κ3) is 3.21. The van der Waals surface area contributed by atoms with E-state index in [2.05, 4.69) is 13.0 Å². The van der Waals surface area contributed by atoms with Crippen molar-refractivity contribution in [3.63, 3.8) is 0 Å². The predicted molar refractivity (Wildman–Crippen MR) is 70.8 cm³/mol. The topological polar surface area (TPSA) is 43.4 Å². The predicted octanol–water partition coefficient (Wildman–Crippen LogP) is 3.20. The van der Waals surface area contributed by atoms with Crippen molar-refractivity contribution in [2.45, 2.75) is 44.1 Å². The number of benzene rings is 1. The third-order valence-corrected chi connectivity index (χ3v) is 4.54. The Labute approximate surface area is 109 Å². The second-order valence-corrected chi connectivity index (χ2v) is 6.38. The molecule has 1 aromatic rings. The van der Waals surface area contributed by atoms with Crippen molar-refractivity contribution >= 4 is 10.1 Å². The summed E-state index contributed by atoms with van der Waals surface area (Å²) in [5, 5.41) is 0. The fourth-order valence-electron chi connectivity index (χ4n) is 1.97. The summed E-state index contributed by atoms with van der Waals surface area (Å²) in [7, 11) is -3.62. The normalized spacial score (nSPS) is 20.6. The van der Waals surface area contributed by atoms with E-state index in [0.717, 1.165) is 18.4 Å². The number of hydrogen-bond donors (Lipinski definition) is 0. The molecule has 1 atom stereocenters. The van der Waals surface area contributed by atoms with Gasteiger partial charge >= 0.3 is 0 Å². The zero-order valence-corrected chi connectivity index (χ0v) is 11.5. The van der Waals surface area contributed by atoms with Gasteiger partial charge in [-0.3, -0.25) is 4.18 Å². The van der Waals surface area contributed by atoms with Crippen LogP contribution in [0.4, 0.5) is 0 Å². The van der Waals surface area contributed by atoms with Crippen LogP contribution in [-0.2, 0) is 14.3 Å². The van der Waals surface area contributed by atoms with Crippen LogP contribution in [0, 0.1) is 6.92 Å². The van der Waals surface area contributed by atoms with E-state index in [-0.39, 0.29) is 11.0 Å². The summed E-state index contributed by atoms with van der Waals surface area (Å²) >= 11 is 0. The average Bonchev–Trinajstić information content (AvgIpc) is 2.32. The maximum absolute atomic E-state index is 12.1. The summed E-state index contributed by atoms with van der Waals surface area (Å²) < 4.78 is 29.4. The van der Waals surface area contributed by atoms with Gasteiger partial charge in [-0.05, 0) is 45.2 Å². The van der Waals surface area contributed by atoms with Crippen LogP contribution in [-0.4, -0.2) is 14.5 Å². The first-order valence-corrected chi connectivity index (χ1v) is 7.54. The molecule has 4 heteroatoms. The molecule has 1 aliphatic rings. The van der Waals surface area contributed by atoms with E-state index < -0.39 is 10.1 Å². The van der Waals surface area contributed by atoms with Gasteiger partial charge in [0, 0.05) is 0 Å². The molecule has 0 N–H and O–H groups in total. The van der Waals surface area contributed by atoms with Gasteiger partial charge in [-0.15, -0.1) is 0 Å². The molecule has 1 aliphatic carbocycles. The molecular formula is C14H18O3S. The number of hydrogen-bond acceptors (Lipinski definition) is 3. The minimum atomic E-state index is -3.62. The van der Waals surface area contributed by atoms with Crippen molar-refractivity contribution < 1.29 is 12.6 Å². The Balaban J connectivity index is 2.10. The van der Waals surface area contributed by atoms with Gasteiger partial charge < -0.3 is 0 Å². The monoisotopic (exact) mass is 266 g/mol. The summed E-state index contributed by atoms with van der Waals surface area (Å²) in [4.78, 5) is 0.236. The Kier molecular flexibility index (Phi) is 3.88. The second kappa shape index (κ2) is 5.24. The Morgan fingerprint density at radius 1 is 1.17 bits per heavy atom. The average molecular weight is 266 g/mol. The molecule has 18 heavy (non-hydrogen) atoms. The second-order valence-electron chi connectivity index (χ2n) is 4.81. The van der Waals surface area contributed by atoms with E-state index in [1.54, 1.807) is 24.3 Å². The first kappa shape index (κ1) is 13.3. The highest BCUT2D eigenvalue weighted by atomic mass is 32.2. The van der Waals surface area contributed by atoms with Crippen LogP contribution in [0.15, 0.2) is 40.8 Å².